The Morgan fingerprint density at radius 3 is 2.43 bits per heavy atom. The molecular formula is C13H12F3NO4. The zero-order valence-corrected chi connectivity index (χ0v) is 10.8. The lowest BCUT2D eigenvalue weighted by Gasteiger charge is -2.36. The van der Waals surface area contributed by atoms with E-state index < -0.39 is 24.2 Å². The minimum Gasteiger partial charge on any atom is -0.460 e. The van der Waals surface area contributed by atoms with Gasteiger partial charge in [-0.15, -0.1) is 5.06 Å². The Morgan fingerprint density at radius 1 is 1.24 bits per heavy atom. The maximum atomic E-state index is 12.1. The molecule has 1 aliphatic heterocycles. The molecule has 0 saturated carbocycles. The molecule has 1 fully saturated rings. The number of hydrogen-bond donors (Lipinski definition) is 0. The molecule has 21 heavy (non-hydrogen) atoms. The van der Waals surface area contributed by atoms with Gasteiger partial charge >= 0.3 is 18.1 Å². The molecule has 0 bridgehead atoms. The summed E-state index contributed by atoms with van der Waals surface area (Å²) in [6.45, 7) is 0.0736. The molecule has 0 aromatic heterocycles. The monoisotopic (exact) mass is 303 g/mol. The summed E-state index contributed by atoms with van der Waals surface area (Å²) >= 11 is 0. The van der Waals surface area contributed by atoms with Crippen LogP contribution >= 0.6 is 0 Å². The first-order chi connectivity index (χ1) is 9.88. The Morgan fingerprint density at radius 2 is 1.90 bits per heavy atom. The van der Waals surface area contributed by atoms with Crippen molar-refractivity contribution < 1.29 is 32.3 Å². The van der Waals surface area contributed by atoms with Crippen LogP contribution in [0.25, 0.3) is 0 Å². The second-order valence-electron chi connectivity index (χ2n) is 4.41. The zero-order chi connectivity index (χ0) is 15.5. The van der Waals surface area contributed by atoms with Gasteiger partial charge in [-0.25, -0.2) is 4.79 Å². The Labute approximate surface area is 118 Å². The van der Waals surface area contributed by atoms with E-state index in [1.807, 2.05) is 0 Å². The number of esters is 1. The number of hydrogen-bond acceptors (Lipinski definition) is 5. The highest BCUT2D eigenvalue weighted by atomic mass is 19.4. The van der Waals surface area contributed by atoms with Crippen molar-refractivity contribution in [3.05, 3.63) is 35.9 Å². The van der Waals surface area contributed by atoms with Gasteiger partial charge in [0.25, 0.3) is 0 Å². The summed E-state index contributed by atoms with van der Waals surface area (Å²) in [6.07, 6.45) is -4.81. The van der Waals surface area contributed by atoms with Crippen molar-refractivity contribution in [1.29, 1.82) is 0 Å². The molecule has 1 aromatic carbocycles. The standard InChI is InChI=1S/C13H12F3NO4/c14-13(15,16)12(19)21-17-7-6-10(17)11(18)20-8-9-4-2-1-3-5-9/h1-5,10H,6-8H2. The third-order valence-corrected chi connectivity index (χ3v) is 2.90. The van der Waals surface area contributed by atoms with Crippen molar-refractivity contribution in [2.45, 2.75) is 25.2 Å². The number of carbonyl (C=O) groups excluding carboxylic acids is 2. The summed E-state index contributed by atoms with van der Waals surface area (Å²) < 4.78 is 41.1. The van der Waals surface area contributed by atoms with Crippen LogP contribution < -0.4 is 0 Å². The average Bonchev–Trinajstić information content (AvgIpc) is 2.41. The molecule has 5 nitrogen and oxygen atoms in total. The van der Waals surface area contributed by atoms with Crippen molar-refractivity contribution in [3.8, 4) is 0 Å². The first-order valence-electron chi connectivity index (χ1n) is 6.14. The van der Waals surface area contributed by atoms with Crippen LogP contribution in [0.4, 0.5) is 13.2 Å². The molecule has 114 valence electrons. The Balaban J connectivity index is 1.82. The highest BCUT2D eigenvalue weighted by Crippen LogP contribution is 2.24. The van der Waals surface area contributed by atoms with Crippen LogP contribution in [-0.2, 0) is 25.8 Å². The number of alkyl halides is 3. The van der Waals surface area contributed by atoms with Crippen LogP contribution in [0.3, 0.4) is 0 Å². The third-order valence-electron chi connectivity index (χ3n) is 2.90. The van der Waals surface area contributed by atoms with E-state index in [1.54, 1.807) is 30.3 Å². The fourth-order valence-corrected chi connectivity index (χ4v) is 1.69. The molecule has 2 rings (SSSR count). The second-order valence-corrected chi connectivity index (χ2v) is 4.41. The van der Waals surface area contributed by atoms with Crippen molar-refractivity contribution in [2.24, 2.45) is 0 Å². The van der Waals surface area contributed by atoms with Gasteiger partial charge in [0.2, 0.25) is 0 Å². The molecule has 0 N–H and O–H groups in total. The zero-order valence-electron chi connectivity index (χ0n) is 10.8. The van der Waals surface area contributed by atoms with Gasteiger partial charge in [0, 0.05) is 6.54 Å². The van der Waals surface area contributed by atoms with Crippen LogP contribution in [0.1, 0.15) is 12.0 Å². The van der Waals surface area contributed by atoms with Gasteiger partial charge in [-0.05, 0) is 12.0 Å². The smallest absolute Gasteiger partial charge is 0.460 e. The molecule has 1 aromatic rings. The molecule has 1 unspecified atom stereocenters. The third kappa shape index (κ3) is 3.94. The van der Waals surface area contributed by atoms with Gasteiger partial charge in [0.05, 0.1) is 0 Å². The van der Waals surface area contributed by atoms with Gasteiger partial charge in [0.15, 0.2) is 0 Å². The molecule has 1 aliphatic rings. The lowest BCUT2D eigenvalue weighted by molar-refractivity contribution is -0.264. The number of halogens is 3. The largest absolute Gasteiger partial charge is 0.492 e. The van der Waals surface area contributed by atoms with Gasteiger partial charge in [-0.1, -0.05) is 30.3 Å². The fourth-order valence-electron chi connectivity index (χ4n) is 1.69. The SMILES string of the molecule is O=C(OCc1ccccc1)C1CCN1OC(=O)C(F)(F)F. The summed E-state index contributed by atoms with van der Waals surface area (Å²) in [5.74, 6) is -3.07. The molecule has 0 radical (unpaired) electrons. The molecule has 8 heteroatoms. The predicted octanol–water partition coefficient (Wildman–Crippen LogP) is 1.82. The van der Waals surface area contributed by atoms with E-state index in [4.69, 9.17) is 4.74 Å². The normalized spacial score (nSPS) is 18.7. The number of nitrogens with zero attached hydrogens (tertiary/aromatic N) is 1. The molecule has 1 atom stereocenters. The van der Waals surface area contributed by atoms with E-state index in [0.29, 0.717) is 5.06 Å². The van der Waals surface area contributed by atoms with E-state index in [0.717, 1.165) is 5.56 Å². The van der Waals surface area contributed by atoms with Gasteiger partial charge < -0.3 is 9.57 Å². The quantitative estimate of drug-likeness (QED) is 0.794. The summed E-state index contributed by atoms with van der Waals surface area (Å²) in [5.41, 5.74) is 0.754. The summed E-state index contributed by atoms with van der Waals surface area (Å²) in [6, 6.07) is 7.84. The van der Waals surface area contributed by atoms with E-state index in [-0.39, 0.29) is 19.6 Å². The van der Waals surface area contributed by atoms with E-state index in [2.05, 4.69) is 4.84 Å². The van der Waals surface area contributed by atoms with Gasteiger partial charge in [-0.2, -0.15) is 13.2 Å². The minimum atomic E-state index is -5.09. The Kier molecular flexibility index (Phi) is 4.46. The van der Waals surface area contributed by atoms with E-state index in [9.17, 15) is 22.8 Å². The van der Waals surface area contributed by atoms with E-state index >= 15 is 0 Å². The second kappa shape index (κ2) is 6.13. The van der Waals surface area contributed by atoms with Gasteiger partial charge in [0.1, 0.15) is 12.6 Å². The number of hydroxylamine groups is 2. The molecular weight excluding hydrogens is 291 g/mol. The molecule has 1 saturated heterocycles. The highest BCUT2D eigenvalue weighted by molar-refractivity contribution is 5.78. The van der Waals surface area contributed by atoms with Gasteiger partial charge in [-0.3, -0.25) is 4.79 Å². The van der Waals surface area contributed by atoms with Crippen molar-refractivity contribution in [3.63, 3.8) is 0 Å². The van der Waals surface area contributed by atoms with Crippen LogP contribution in [-0.4, -0.2) is 35.8 Å². The van der Waals surface area contributed by atoms with Crippen molar-refractivity contribution in [1.82, 2.24) is 5.06 Å². The minimum absolute atomic E-state index is 0.0111. The van der Waals surface area contributed by atoms with Crippen molar-refractivity contribution >= 4 is 11.9 Å². The molecule has 0 aliphatic carbocycles. The number of carbonyl (C=O) groups is 2. The van der Waals surface area contributed by atoms with Crippen LogP contribution in [0.2, 0.25) is 0 Å². The van der Waals surface area contributed by atoms with Crippen LogP contribution in [0, 0.1) is 0 Å². The lowest BCUT2D eigenvalue weighted by Crippen LogP contribution is -2.54. The first-order valence-corrected chi connectivity index (χ1v) is 6.14. The Bertz CT molecular complexity index is 518. The lowest BCUT2D eigenvalue weighted by atomic mass is 10.1. The van der Waals surface area contributed by atoms with Crippen LogP contribution in [0.5, 0.6) is 0 Å². The fraction of sp³-hybridized carbons (Fsp3) is 0.385. The predicted molar refractivity (Wildman–Crippen MR) is 63.5 cm³/mol. The summed E-state index contributed by atoms with van der Waals surface area (Å²) in [4.78, 5) is 26.5. The number of benzene rings is 1. The maximum absolute atomic E-state index is 12.1. The van der Waals surface area contributed by atoms with Crippen LogP contribution in [0.15, 0.2) is 30.3 Å². The molecule has 0 spiro atoms. The molecule has 0 amide bonds. The number of rotatable bonds is 4. The highest BCUT2D eigenvalue weighted by Gasteiger charge is 2.46. The van der Waals surface area contributed by atoms with Crippen molar-refractivity contribution in [2.75, 3.05) is 6.54 Å². The number of ether oxygens (including phenoxy) is 1. The van der Waals surface area contributed by atoms with E-state index in [1.165, 1.54) is 0 Å². The summed E-state index contributed by atoms with van der Waals surface area (Å²) in [5, 5.41) is 0.684. The molecule has 1 heterocycles. The maximum Gasteiger partial charge on any atom is 0.492 e. The first kappa shape index (κ1) is 15.3. The topological polar surface area (TPSA) is 55.8 Å². The average molecular weight is 303 g/mol. The Hall–Kier alpha value is -2.09. The summed E-state index contributed by atoms with van der Waals surface area (Å²) in [7, 11) is 0.